The molecule has 0 amide bonds. The van der Waals surface area contributed by atoms with Crippen LogP contribution in [0.5, 0.6) is 5.75 Å². The number of fused-ring (bicyclic) bond motifs is 1. The van der Waals surface area contributed by atoms with Crippen LogP contribution in [0.3, 0.4) is 0 Å². The molecule has 0 spiro atoms. The summed E-state index contributed by atoms with van der Waals surface area (Å²) in [6.07, 6.45) is -1.10. The second kappa shape index (κ2) is 10.3. The van der Waals surface area contributed by atoms with Crippen molar-refractivity contribution in [1.82, 2.24) is 4.31 Å². The molecule has 0 saturated carbocycles. The number of sulfonamides is 1. The van der Waals surface area contributed by atoms with Gasteiger partial charge < -0.3 is 14.6 Å². The fourth-order valence-electron chi connectivity index (χ4n) is 4.52. The summed E-state index contributed by atoms with van der Waals surface area (Å²) in [5.74, 6) is -2.29. The zero-order valence-electron chi connectivity index (χ0n) is 21.6. The summed E-state index contributed by atoms with van der Waals surface area (Å²) in [6, 6.07) is 4.21. The molecule has 2 aromatic rings. The van der Waals surface area contributed by atoms with E-state index in [1.165, 1.54) is 25.1 Å². The van der Waals surface area contributed by atoms with Crippen LogP contribution in [-0.4, -0.2) is 48.6 Å². The van der Waals surface area contributed by atoms with Crippen molar-refractivity contribution in [3.05, 3.63) is 57.4 Å². The van der Waals surface area contributed by atoms with E-state index >= 15 is 4.39 Å². The molecular weight excluding hydrogens is 509 g/mol. The monoisotopic (exact) mass is 541 g/mol. The highest BCUT2D eigenvalue weighted by Crippen LogP contribution is 2.42. The van der Waals surface area contributed by atoms with Gasteiger partial charge in [-0.3, -0.25) is 4.79 Å². The summed E-state index contributed by atoms with van der Waals surface area (Å²) in [6.45, 7) is 11.3. The van der Waals surface area contributed by atoms with Crippen LogP contribution in [0.1, 0.15) is 68.9 Å². The van der Waals surface area contributed by atoms with Crippen molar-refractivity contribution in [2.24, 2.45) is 0 Å². The van der Waals surface area contributed by atoms with Crippen molar-refractivity contribution < 1.29 is 32.2 Å². The van der Waals surface area contributed by atoms with Crippen LogP contribution in [-0.2, 0) is 19.6 Å². The smallest absolute Gasteiger partial charge is 0.325 e. The summed E-state index contributed by atoms with van der Waals surface area (Å²) in [5.41, 5.74) is 0.911. The molecule has 0 aliphatic carbocycles. The highest BCUT2D eigenvalue weighted by Gasteiger charge is 2.45. The molecule has 1 heterocycles. The largest absolute Gasteiger partial charge is 0.490 e. The van der Waals surface area contributed by atoms with E-state index < -0.39 is 45.5 Å². The number of esters is 1. The first-order valence-corrected chi connectivity index (χ1v) is 13.5. The third-order valence-electron chi connectivity index (χ3n) is 6.29. The molecule has 0 bridgehead atoms. The molecule has 36 heavy (non-hydrogen) atoms. The third-order valence-corrected chi connectivity index (χ3v) is 8.52. The molecule has 0 saturated heterocycles. The number of ether oxygens (including phenoxy) is 2. The fraction of sp³-hybridized carbons (Fsp3) is 0.500. The summed E-state index contributed by atoms with van der Waals surface area (Å²) in [7, 11) is -4.37. The molecule has 0 radical (unpaired) electrons. The van der Waals surface area contributed by atoms with Crippen molar-refractivity contribution in [2.45, 2.75) is 77.0 Å². The van der Waals surface area contributed by atoms with Gasteiger partial charge in [-0.15, -0.1) is 0 Å². The average Bonchev–Trinajstić information content (AvgIpc) is 2.86. The minimum atomic E-state index is -4.37. The summed E-state index contributed by atoms with van der Waals surface area (Å²) in [5, 5.41) is 10.4. The van der Waals surface area contributed by atoms with E-state index in [9.17, 15) is 18.3 Å². The number of nitrogens with zero attached hydrogens (tertiary/aromatic N) is 1. The zero-order valence-corrected chi connectivity index (χ0v) is 23.1. The molecular formula is C26H33ClFNO6S. The molecule has 1 aliphatic rings. The van der Waals surface area contributed by atoms with Crippen molar-refractivity contribution in [2.75, 3.05) is 13.2 Å². The van der Waals surface area contributed by atoms with Crippen LogP contribution in [0.15, 0.2) is 29.2 Å². The molecule has 1 aliphatic heterocycles. The molecule has 10 heteroatoms. The second-order valence-electron chi connectivity index (χ2n) is 10.1. The Morgan fingerprint density at radius 1 is 1.17 bits per heavy atom. The lowest BCUT2D eigenvalue weighted by Gasteiger charge is -2.35. The van der Waals surface area contributed by atoms with Crippen LogP contribution in [0.2, 0.25) is 5.02 Å². The highest BCUT2D eigenvalue weighted by molar-refractivity contribution is 7.89. The van der Waals surface area contributed by atoms with Crippen molar-refractivity contribution in [3.8, 4) is 5.75 Å². The van der Waals surface area contributed by atoms with Gasteiger partial charge in [-0.25, -0.2) is 12.8 Å². The van der Waals surface area contributed by atoms with Crippen LogP contribution in [0, 0.1) is 19.7 Å². The minimum absolute atomic E-state index is 0.0616. The van der Waals surface area contributed by atoms with E-state index in [2.05, 4.69) is 0 Å². The van der Waals surface area contributed by atoms with Crippen LogP contribution >= 0.6 is 11.6 Å². The van der Waals surface area contributed by atoms with Gasteiger partial charge in [-0.1, -0.05) is 24.6 Å². The normalized spacial score (nSPS) is 18.4. The molecule has 3 rings (SSSR count). The number of aliphatic hydroxyl groups is 1. The maximum Gasteiger partial charge on any atom is 0.325 e. The lowest BCUT2D eigenvalue weighted by atomic mass is 9.87. The van der Waals surface area contributed by atoms with Crippen LogP contribution < -0.4 is 4.74 Å². The van der Waals surface area contributed by atoms with E-state index in [0.717, 1.165) is 9.87 Å². The molecule has 198 valence electrons. The average molecular weight is 542 g/mol. The van der Waals surface area contributed by atoms with Gasteiger partial charge >= 0.3 is 5.97 Å². The number of carbonyl (C=O) groups excluding carboxylic acids is 1. The van der Waals surface area contributed by atoms with Gasteiger partial charge in [0.1, 0.15) is 34.7 Å². The Labute approximate surface area is 217 Å². The quantitative estimate of drug-likeness (QED) is 0.533. The molecule has 1 N–H and O–H groups in total. The lowest BCUT2D eigenvalue weighted by molar-refractivity contribution is -0.160. The number of hydrogen-bond acceptors (Lipinski definition) is 6. The number of carbonyl (C=O) groups is 1. The predicted octanol–water partition coefficient (Wildman–Crippen LogP) is 5.05. The summed E-state index contributed by atoms with van der Waals surface area (Å²) < 4.78 is 55.6. The first-order valence-electron chi connectivity index (χ1n) is 11.7. The Morgan fingerprint density at radius 3 is 2.39 bits per heavy atom. The standard InChI is InChI=1S/C26H33ClFNO6S/c1-14-8-10-19(28)21(15(14)2)16(3)23(25(31)35-26(5,6)7)29-12-13-34-24-20(36(29,32)33)11-9-18(27)22(24)17(4)30/h8-11,16-17,23,30H,12-13H2,1-7H3/t16?,17?,23-/m0/s1. The van der Waals surface area contributed by atoms with Gasteiger partial charge in [0.2, 0.25) is 10.0 Å². The van der Waals surface area contributed by atoms with Gasteiger partial charge in [0.25, 0.3) is 0 Å². The van der Waals surface area contributed by atoms with Gasteiger partial charge in [-0.05, 0) is 76.4 Å². The van der Waals surface area contributed by atoms with E-state index in [-0.39, 0.29) is 39.9 Å². The van der Waals surface area contributed by atoms with Crippen molar-refractivity contribution in [1.29, 1.82) is 0 Å². The topological polar surface area (TPSA) is 93.1 Å². The maximum atomic E-state index is 15.1. The van der Waals surface area contributed by atoms with Crippen molar-refractivity contribution in [3.63, 3.8) is 0 Å². The zero-order chi connectivity index (χ0) is 27.2. The number of benzene rings is 2. The van der Waals surface area contributed by atoms with Crippen molar-refractivity contribution >= 4 is 27.6 Å². The summed E-state index contributed by atoms with van der Waals surface area (Å²) >= 11 is 6.24. The van der Waals surface area contributed by atoms with Gasteiger partial charge in [-0.2, -0.15) is 4.31 Å². The lowest BCUT2D eigenvalue weighted by Crippen LogP contribution is -2.50. The number of hydrogen-bond donors (Lipinski definition) is 1. The summed E-state index contributed by atoms with van der Waals surface area (Å²) in [4.78, 5) is 13.3. The Morgan fingerprint density at radius 2 is 1.81 bits per heavy atom. The third kappa shape index (κ3) is 5.39. The van der Waals surface area contributed by atoms with Crippen LogP contribution in [0.25, 0.3) is 0 Å². The van der Waals surface area contributed by atoms with Gasteiger partial charge in [0.05, 0.1) is 11.1 Å². The molecule has 7 nitrogen and oxygen atoms in total. The number of aryl methyl sites for hydroxylation is 1. The van der Waals surface area contributed by atoms with E-state index in [1.807, 2.05) is 6.92 Å². The predicted molar refractivity (Wildman–Crippen MR) is 135 cm³/mol. The Bertz CT molecular complexity index is 1270. The number of aliphatic hydroxyl groups excluding tert-OH is 1. The Kier molecular flexibility index (Phi) is 8.10. The Balaban J connectivity index is 2.24. The SMILES string of the molecule is Cc1ccc(F)c(C(C)[C@@H](C(=O)OC(C)(C)C)N2CCOc3c(ccc(Cl)c3C(C)O)S2(=O)=O)c1C. The molecule has 2 aromatic carbocycles. The van der Waals surface area contributed by atoms with E-state index in [1.54, 1.807) is 40.7 Å². The molecule has 0 aromatic heterocycles. The first-order chi connectivity index (χ1) is 16.6. The van der Waals surface area contributed by atoms with Gasteiger partial charge in [0, 0.05) is 18.0 Å². The number of halogens is 2. The second-order valence-corrected chi connectivity index (χ2v) is 12.4. The maximum absolute atomic E-state index is 15.1. The van der Waals surface area contributed by atoms with Gasteiger partial charge in [0.15, 0.2) is 0 Å². The highest BCUT2D eigenvalue weighted by atomic mass is 35.5. The van der Waals surface area contributed by atoms with E-state index in [4.69, 9.17) is 21.1 Å². The molecule has 2 unspecified atom stereocenters. The number of rotatable bonds is 5. The van der Waals surface area contributed by atoms with E-state index in [0.29, 0.717) is 5.56 Å². The minimum Gasteiger partial charge on any atom is -0.490 e. The Hall–Kier alpha value is -2.20. The molecule has 3 atom stereocenters. The molecule has 0 fully saturated rings. The van der Waals surface area contributed by atoms with Crippen LogP contribution in [0.4, 0.5) is 4.39 Å². The first kappa shape index (κ1) is 28.4. The fourth-order valence-corrected chi connectivity index (χ4v) is 6.61.